The van der Waals surface area contributed by atoms with Crippen LogP contribution in [0.3, 0.4) is 0 Å². The zero-order valence-electron chi connectivity index (χ0n) is 17.9. The SMILES string of the molecule is CN=C(NCCc1nc(-c2ccc(Cl)cc2)no1)NCC(C(C)C)N1CCOCC1. The van der Waals surface area contributed by atoms with E-state index < -0.39 is 0 Å². The van der Waals surface area contributed by atoms with Crippen molar-refractivity contribution in [3.8, 4) is 11.4 Å². The minimum absolute atomic E-state index is 0.435. The van der Waals surface area contributed by atoms with E-state index in [9.17, 15) is 0 Å². The van der Waals surface area contributed by atoms with Crippen LogP contribution in [0.2, 0.25) is 5.02 Å². The van der Waals surface area contributed by atoms with E-state index in [1.165, 1.54) is 0 Å². The van der Waals surface area contributed by atoms with Gasteiger partial charge in [-0.2, -0.15) is 4.98 Å². The van der Waals surface area contributed by atoms with Crippen molar-refractivity contribution < 1.29 is 9.26 Å². The molecule has 8 nitrogen and oxygen atoms in total. The lowest BCUT2D eigenvalue weighted by molar-refractivity contribution is 0.00752. The third-order valence-electron chi connectivity index (χ3n) is 5.19. The summed E-state index contributed by atoms with van der Waals surface area (Å²) >= 11 is 5.92. The van der Waals surface area contributed by atoms with Crippen molar-refractivity contribution in [3.63, 3.8) is 0 Å². The zero-order valence-corrected chi connectivity index (χ0v) is 18.7. The summed E-state index contributed by atoms with van der Waals surface area (Å²) in [6, 6.07) is 7.81. The van der Waals surface area contributed by atoms with Crippen molar-refractivity contribution in [1.82, 2.24) is 25.7 Å². The third-order valence-corrected chi connectivity index (χ3v) is 5.44. The minimum Gasteiger partial charge on any atom is -0.379 e. The van der Waals surface area contributed by atoms with Crippen molar-refractivity contribution in [1.29, 1.82) is 0 Å². The largest absolute Gasteiger partial charge is 0.379 e. The third kappa shape index (κ3) is 6.42. The molecule has 164 valence electrons. The number of rotatable bonds is 8. The Labute approximate surface area is 183 Å². The van der Waals surface area contributed by atoms with Gasteiger partial charge in [-0.15, -0.1) is 0 Å². The highest BCUT2D eigenvalue weighted by Crippen LogP contribution is 2.18. The summed E-state index contributed by atoms with van der Waals surface area (Å²) in [6.07, 6.45) is 0.609. The average molecular weight is 435 g/mol. The molecule has 2 heterocycles. The van der Waals surface area contributed by atoms with Gasteiger partial charge in [-0.25, -0.2) is 0 Å². The number of halogens is 1. The Kier molecular flexibility index (Phi) is 8.48. The molecule has 1 aromatic heterocycles. The van der Waals surface area contributed by atoms with Crippen LogP contribution >= 0.6 is 11.6 Å². The molecule has 2 aromatic rings. The molecule has 2 N–H and O–H groups in total. The van der Waals surface area contributed by atoms with Gasteiger partial charge in [0.25, 0.3) is 0 Å². The van der Waals surface area contributed by atoms with E-state index in [0.717, 1.165) is 44.4 Å². The van der Waals surface area contributed by atoms with E-state index in [0.29, 0.717) is 41.7 Å². The molecule has 30 heavy (non-hydrogen) atoms. The van der Waals surface area contributed by atoms with Crippen molar-refractivity contribution in [2.45, 2.75) is 26.3 Å². The van der Waals surface area contributed by atoms with Gasteiger partial charge in [0.05, 0.1) is 13.2 Å². The van der Waals surface area contributed by atoms with E-state index in [1.54, 1.807) is 7.05 Å². The Bertz CT molecular complexity index is 802. The highest BCUT2D eigenvalue weighted by molar-refractivity contribution is 6.30. The second kappa shape index (κ2) is 11.3. The molecule has 0 aliphatic carbocycles. The summed E-state index contributed by atoms with van der Waals surface area (Å²) in [6.45, 7) is 9.55. The van der Waals surface area contributed by atoms with Crippen molar-refractivity contribution in [2.24, 2.45) is 10.9 Å². The Morgan fingerprint density at radius 3 is 2.60 bits per heavy atom. The summed E-state index contributed by atoms with van der Waals surface area (Å²) in [5.41, 5.74) is 0.877. The molecular weight excluding hydrogens is 404 g/mol. The van der Waals surface area contributed by atoms with Crippen molar-refractivity contribution in [3.05, 3.63) is 35.2 Å². The summed E-state index contributed by atoms with van der Waals surface area (Å²) in [7, 11) is 1.78. The number of aromatic nitrogens is 2. The number of guanidine groups is 1. The molecule has 0 radical (unpaired) electrons. The van der Waals surface area contributed by atoms with Crippen LogP contribution in [0.25, 0.3) is 11.4 Å². The average Bonchev–Trinajstić information content (AvgIpc) is 3.22. The number of ether oxygens (including phenoxy) is 1. The molecule has 1 unspecified atom stereocenters. The van der Waals surface area contributed by atoms with Crippen molar-refractivity contribution >= 4 is 17.6 Å². The maximum atomic E-state index is 5.92. The van der Waals surface area contributed by atoms with E-state index in [1.807, 2.05) is 24.3 Å². The summed E-state index contributed by atoms with van der Waals surface area (Å²) < 4.78 is 10.8. The van der Waals surface area contributed by atoms with E-state index >= 15 is 0 Å². The number of aliphatic imine (C=N–C) groups is 1. The lowest BCUT2D eigenvalue weighted by atomic mass is 10.0. The molecular formula is C21H31ClN6O2. The molecule has 3 rings (SSSR count). The fourth-order valence-electron chi connectivity index (χ4n) is 3.48. The lowest BCUT2D eigenvalue weighted by Crippen LogP contribution is -2.52. The molecule has 0 amide bonds. The molecule has 1 aliphatic rings. The number of morpholine rings is 1. The Hall–Kier alpha value is -2.16. The molecule has 0 bridgehead atoms. The van der Waals surface area contributed by atoms with E-state index in [-0.39, 0.29) is 0 Å². The number of benzene rings is 1. The predicted octanol–water partition coefficient (Wildman–Crippen LogP) is 2.45. The summed E-state index contributed by atoms with van der Waals surface area (Å²) in [5, 5.41) is 11.5. The Balaban J connectivity index is 1.45. The van der Waals surface area contributed by atoms with Gasteiger partial charge >= 0.3 is 0 Å². The highest BCUT2D eigenvalue weighted by Gasteiger charge is 2.23. The molecule has 0 saturated carbocycles. The fourth-order valence-corrected chi connectivity index (χ4v) is 3.60. The van der Waals surface area contributed by atoms with E-state index in [2.05, 4.69) is 44.5 Å². The van der Waals surface area contributed by atoms with Gasteiger partial charge < -0.3 is 19.9 Å². The van der Waals surface area contributed by atoms with Crippen LogP contribution in [0.4, 0.5) is 0 Å². The lowest BCUT2D eigenvalue weighted by Gasteiger charge is -2.37. The first-order valence-corrected chi connectivity index (χ1v) is 10.8. The van der Waals surface area contributed by atoms with Crippen LogP contribution < -0.4 is 10.6 Å². The zero-order chi connectivity index (χ0) is 21.3. The minimum atomic E-state index is 0.435. The first kappa shape index (κ1) is 22.5. The second-order valence-corrected chi connectivity index (χ2v) is 8.04. The molecule has 1 fully saturated rings. The number of hydrogen-bond donors (Lipinski definition) is 2. The van der Waals surface area contributed by atoms with Crippen LogP contribution in [0.1, 0.15) is 19.7 Å². The topological polar surface area (TPSA) is 87.8 Å². The first-order chi connectivity index (χ1) is 14.6. The van der Waals surface area contributed by atoms with Gasteiger partial charge in [-0.1, -0.05) is 30.6 Å². The molecule has 1 aliphatic heterocycles. The highest BCUT2D eigenvalue weighted by atomic mass is 35.5. The van der Waals surface area contributed by atoms with Gasteiger partial charge in [0.15, 0.2) is 5.96 Å². The molecule has 1 aromatic carbocycles. The molecule has 1 saturated heterocycles. The van der Waals surface area contributed by atoms with Gasteiger partial charge in [0.2, 0.25) is 11.7 Å². The molecule has 9 heteroatoms. The maximum absolute atomic E-state index is 5.92. The van der Waals surface area contributed by atoms with Crippen LogP contribution in [-0.2, 0) is 11.2 Å². The van der Waals surface area contributed by atoms with Crippen molar-refractivity contribution in [2.75, 3.05) is 46.4 Å². The Morgan fingerprint density at radius 2 is 1.93 bits per heavy atom. The van der Waals surface area contributed by atoms with Crippen LogP contribution in [0.15, 0.2) is 33.8 Å². The van der Waals surface area contributed by atoms with Gasteiger partial charge in [-0.05, 0) is 30.2 Å². The molecule has 1 atom stereocenters. The summed E-state index contributed by atoms with van der Waals surface area (Å²) in [4.78, 5) is 11.3. The van der Waals surface area contributed by atoms with Gasteiger partial charge in [0.1, 0.15) is 0 Å². The maximum Gasteiger partial charge on any atom is 0.228 e. The fraction of sp³-hybridized carbons (Fsp3) is 0.571. The number of nitrogens with one attached hydrogen (secondary N) is 2. The number of hydrogen-bond acceptors (Lipinski definition) is 6. The van der Waals surface area contributed by atoms with Crippen LogP contribution in [-0.4, -0.2) is 73.5 Å². The molecule has 0 spiro atoms. The summed E-state index contributed by atoms with van der Waals surface area (Å²) in [5.74, 6) is 2.45. The van der Waals surface area contributed by atoms with Gasteiger partial charge in [-0.3, -0.25) is 9.89 Å². The predicted molar refractivity (Wildman–Crippen MR) is 119 cm³/mol. The quantitative estimate of drug-likeness (QED) is 0.487. The van der Waals surface area contributed by atoms with Gasteiger partial charge in [0, 0.05) is 56.3 Å². The standard InChI is InChI=1S/C21H31ClN6O2/c1-15(2)18(28-10-12-29-13-11-28)14-25-21(23-3)24-9-8-19-26-20(27-30-19)16-4-6-17(22)7-5-16/h4-7,15,18H,8-14H2,1-3H3,(H2,23,24,25). The smallest absolute Gasteiger partial charge is 0.228 e. The van der Waals surface area contributed by atoms with E-state index in [4.69, 9.17) is 20.9 Å². The monoisotopic (exact) mass is 434 g/mol. The Morgan fingerprint density at radius 1 is 1.20 bits per heavy atom. The number of nitrogens with zero attached hydrogens (tertiary/aromatic N) is 4. The second-order valence-electron chi connectivity index (χ2n) is 7.61. The van der Waals surface area contributed by atoms with Crippen LogP contribution in [0, 0.1) is 5.92 Å². The van der Waals surface area contributed by atoms with Crippen LogP contribution in [0.5, 0.6) is 0 Å². The normalized spacial score (nSPS) is 16.6. The first-order valence-electron chi connectivity index (χ1n) is 10.4.